The molecule has 4 amide bonds. The molecule has 7 atom stereocenters. The maximum Gasteiger partial charge on any atom is 0.481 e. The number of hydrogen-bond acceptors (Lipinski definition) is 21. The van der Waals surface area contributed by atoms with E-state index in [1.165, 1.54) is 38.1 Å². The number of nitrogens with zero attached hydrogens (tertiary/aromatic N) is 4. The molecule has 72 heavy (non-hydrogen) atoms. The number of nitrogens with two attached hydrogens (primary N) is 1. The fraction of sp³-hybridized carbons (Fsp3) is 0.368. The summed E-state index contributed by atoms with van der Waals surface area (Å²) in [5.41, 5.74) is 4.87. The van der Waals surface area contributed by atoms with E-state index >= 15 is 0 Å². The van der Waals surface area contributed by atoms with Gasteiger partial charge in [-0.15, -0.1) is 0 Å². The number of imide groups is 1. The zero-order valence-corrected chi connectivity index (χ0v) is 42.2. The van der Waals surface area contributed by atoms with Crippen LogP contribution in [0.3, 0.4) is 0 Å². The van der Waals surface area contributed by atoms with Crippen LogP contribution in [0.2, 0.25) is 10.0 Å². The van der Waals surface area contributed by atoms with Gasteiger partial charge in [0.1, 0.15) is 42.0 Å². The molecule has 6 rings (SSSR count). The first-order chi connectivity index (χ1) is 33.6. The summed E-state index contributed by atoms with van der Waals surface area (Å²) < 4.78 is 62.5. The number of aromatic nitrogens is 4. The molecule has 1 fully saturated rings. The van der Waals surface area contributed by atoms with Crippen LogP contribution in [0, 0.1) is 5.41 Å². The molecule has 0 bridgehead atoms. The van der Waals surface area contributed by atoms with Crippen molar-refractivity contribution in [2.24, 2.45) is 5.41 Å². The number of carbonyl (C=O) groups excluding carboxylic acids is 5. The van der Waals surface area contributed by atoms with Gasteiger partial charge in [0.25, 0.3) is 11.8 Å². The van der Waals surface area contributed by atoms with Crippen LogP contribution in [0.5, 0.6) is 0 Å². The van der Waals surface area contributed by atoms with Gasteiger partial charge >= 0.3 is 23.5 Å². The molecular weight excluding hydrogens is 1080 g/mol. The third kappa shape index (κ3) is 14.5. The Morgan fingerprint density at radius 1 is 0.986 bits per heavy atom. The Bertz CT molecular complexity index is 2950. The van der Waals surface area contributed by atoms with Crippen molar-refractivity contribution in [3.05, 3.63) is 82.0 Å². The normalized spacial score (nSPS) is 20.5. The van der Waals surface area contributed by atoms with Gasteiger partial charge in [-0.3, -0.25) is 47.4 Å². The molecule has 28 nitrogen and oxygen atoms in total. The lowest BCUT2D eigenvalue weighted by atomic mass is 9.87. The van der Waals surface area contributed by atoms with Gasteiger partial charge in [-0.1, -0.05) is 60.9 Å². The Kier molecular flexibility index (Phi) is 18.2. The van der Waals surface area contributed by atoms with Crippen LogP contribution >= 0.6 is 58.4 Å². The fourth-order valence-corrected chi connectivity index (χ4v) is 10.7. The van der Waals surface area contributed by atoms with E-state index in [1.807, 2.05) is 0 Å². The number of phosphoric acid groups is 3. The van der Waals surface area contributed by atoms with E-state index in [1.54, 1.807) is 18.2 Å². The Morgan fingerprint density at radius 2 is 1.71 bits per heavy atom. The molecule has 2 aromatic carbocycles. The quantitative estimate of drug-likeness (QED) is 0.0286. The average Bonchev–Trinajstić information content (AvgIpc) is 3.94. The molecule has 390 valence electrons. The Labute approximate surface area is 420 Å². The maximum absolute atomic E-state index is 13.1. The first-order valence-electron chi connectivity index (χ1n) is 20.6. The number of thioether (sulfide) groups is 1. The lowest BCUT2D eigenvalue weighted by Gasteiger charge is -2.30. The second-order valence-electron chi connectivity index (χ2n) is 16.1. The van der Waals surface area contributed by atoms with Gasteiger partial charge in [0.2, 0.25) is 16.9 Å². The number of halogens is 2. The summed E-state index contributed by atoms with van der Waals surface area (Å²) in [5.74, 6) is -2.91. The summed E-state index contributed by atoms with van der Waals surface area (Å²) in [6.45, 7) is 0.0322. The van der Waals surface area contributed by atoms with Gasteiger partial charge in [-0.25, -0.2) is 28.6 Å². The van der Waals surface area contributed by atoms with E-state index in [9.17, 15) is 67.5 Å². The summed E-state index contributed by atoms with van der Waals surface area (Å²) in [6.07, 6.45) is -7.26. The summed E-state index contributed by atoms with van der Waals surface area (Å²) in [7, 11) is -16.6. The van der Waals surface area contributed by atoms with Gasteiger partial charge in [0.15, 0.2) is 17.7 Å². The monoisotopic (exact) mass is 1130 g/mol. The van der Waals surface area contributed by atoms with E-state index in [4.69, 9.17) is 42.7 Å². The number of ether oxygens (including phenoxy) is 1. The van der Waals surface area contributed by atoms with Gasteiger partial charge in [-0.2, -0.15) is 4.31 Å². The van der Waals surface area contributed by atoms with E-state index in [0.29, 0.717) is 10.6 Å². The van der Waals surface area contributed by atoms with Crippen molar-refractivity contribution in [2.45, 2.75) is 50.9 Å². The van der Waals surface area contributed by atoms with Gasteiger partial charge < -0.3 is 56.2 Å². The van der Waals surface area contributed by atoms with Crippen LogP contribution in [0.1, 0.15) is 42.4 Å². The topological polar surface area (TPSA) is 422 Å². The van der Waals surface area contributed by atoms with E-state index in [2.05, 4.69) is 45.1 Å². The van der Waals surface area contributed by atoms with Gasteiger partial charge in [-0.05, 0) is 35.9 Å². The fourth-order valence-electron chi connectivity index (χ4n) is 6.75. The number of hydrogen-bond donors (Lipinski definition) is 11. The largest absolute Gasteiger partial charge is 0.481 e. The molecule has 0 saturated carbocycles. The van der Waals surface area contributed by atoms with Crippen LogP contribution in [0.4, 0.5) is 11.5 Å². The number of aliphatic hydroxyl groups excluding tert-OH is 2. The lowest BCUT2D eigenvalue weighted by molar-refractivity contribution is -0.137. The van der Waals surface area contributed by atoms with Crippen LogP contribution in [0.15, 0.2) is 60.8 Å². The Hall–Kier alpha value is -4.74. The standard InChI is InChI=1S/C38H44Cl2N9O19P3S/c1-38(2,15-65-71(62,63)68-70(60,61)64-14-23-29(67-69(57,58)59)28(51)36(66-23)49-17-46-27-31(41)44-16-45-32(27)49)30(52)35(55)43-9-8-24(50)42-10-11-72-37(56)21-13-20(6-7-22(21)40)47-26-25(33(53)48-34(26)54)18-4-3-5-19(39)12-18/h3-7,12-13,16-17,23,28-30,36,51-52H,8-11,14-15H2,1-2H3,(H,42,50)(H,43,55)(H,60,61)(H,62,63)(H2,41,44,45)(H2,57,58,59)(H2,47,48,53,54). The molecular formula is C38H44Cl2N9O19P3S. The van der Waals surface area contributed by atoms with Crippen molar-refractivity contribution in [2.75, 3.05) is 43.1 Å². The molecule has 2 aliphatic heterocycles. The summed E-state index contributed by atoms with van der Waals surface area (Å²) in [6, 6.07) is 10.7. The SMILES string of the molecule is CC(C)(COP(=O)(O)OP(=O)(O)OCC1OC(n2cnc3c(N)ncnc32)C(O)C1OP(=O)(O)O)C(O)C(=O)NCCC(=O)NCCSC(=O)c1cc(NC2=C(c3cccc(Cl)c3)C(=O)NC2=O)ccc1Cl. The average molecular weight is 1130 g/mol. The van der Waals surface area contributed by atoms with Crippen molar-refractivity contribution in [1.82, 2.24) is 35.5 Å². The minimum absolute atomic E-state index is 0.00115. The second kappa shape index (κ2) is 23.2. The summed E-state index contributed by atoms with van der Waals surface area (Å²) in [4.78, 5) is 115. The molecule has 7 unspecified atom stereocenters. The number of benzene rings is 2. The molecule has 2 aromatic heterocycles. The molecule has 34 heteroatoms. The van der Waals surface area contributed by atoms with Crippen molar-refractivity contribution < 1.29 is 90.1 Å². The van der Waals surface area contributed by atoms with Crippen LogP contribution in [-0.2, 0) is 55.5 Å². The summed E-state index contributed by atoms with van der Waals surface area (Å²) >= 11 is 13.2. The molecule has 0 spiro atoms. The second-order valence-corrected chi connectivity index (χ2v) is 22.2. The summed E-state index contributed by atoms with van der Waals surface area (Å²) in [5, 5.41) is 31.6. The predicted octanol–water partition coefficient (Wildman–Crippen LogP) is 1.76. The minimum Gasteiger partial charge on any atom is -0.386 e. The van der Waals surface area contributed by atoms with E-state index in [0.717, 1.165) is 29.0 Å². The van der Waals surface area contributed by atoms with Crippen molar-refractivity contribution in [1.29, 1.82) is 0 Å². The third-order valence-corrected chi connectivity index (χ3v) is 14.8. The predicted molar refractivity (Wildman–Crippen MR) is 253 cm³/mol. The number of nitrogens with one attached hydrogen (secondary N) is 4. The molecule has 4 aromatic rings. The molecule has 12 N–H and O–H groups in total. The third-order valence-electron chi connectivity index (χ3n) is 10.2. The van der Waals surface area contributed by atoms with Gasteiger partial charge in [0.05, 0.1) is 30.1 Å². The Morgan fingerprint density at radius 3 is 2.42 bits per heavy atom. The van der Waals surface area contributed by atoms with Crippen LogP contribution < -0.4 is 27.0 Å². The number of anilines is 2. The number of phosphoric ester groups is 3. The number of imidazole rings is 1. The Balaban J connectivity index is 0.919. The highest BCUT2D eigenvalue weighted by Crippen LogP contribution is 2.61. The number of nitrogen functional groups attached to an aromatic ring is 1. The van der Waals surface area contributed by atoms with Crippen molar-refractivity contribution in [3.63, 3.8) is 0 Å². The molecule has 0 radical (unpaired) electrons. The number of aliphatic hydroxyl groups is 2. The highest BCUT2D eigenvalue weighted by Gasteiger charge is 2.50. The number of amides is 4. The molecule has 2 aliphatic rings. The van der Waals surface area contributed by atoms with Crippen molar-refractivity contribution >= 4 is 115 Å². The van der Waals surface area contributed by atoms with Crippen LogP contribution in [0.25, 0.3) is 16.7 Å². The highest BCUT2D eigenvalue weighted by molar-refractivity contribution is 8.14. The highest BCUT2D eigenvalue weighted by atomic mass is 35.5. The van der Waals surface area contributed by atoms with E-state index < -0.39 is 101 Å². The lowest BCUT2D eigenvalue weighted by Crippen LogP contribution is -2.46. The first kappa shape index (κ1) is 56.6. The van der Waals surface area contributed by atoms with E-state index in [-0.39, 0.29) is 69.8 Å². The number of carbonyl (C=O) groups is 5. The van der Waals surface area contributed by atoms with Crippen molar-refractivity contribution in [3.8, 4) is 0 Å². The zero-order chi connectivity index (χ0) is 52.9. The smallest absolute Gasteiger partial charge is 0.386 e. The first-order valence-corrected chi connectivity index (χ1v) is 26.9. The molecule has 1 saturated heterocycles. The molecule has 4 heterocycles. The zero-order valence-electron chi connectivity index (χ0n) is 37.2. The number of rotatable bonds is 23. The minimum atomic E-state index is -5.63. The maximum atomic E-state index is 13.1. The molecule has 0 aliphatic carbocycles. The van der Waals surface area contributed by atoms with Crippen LogP contribution in [-0.4, -0.2) is 135 Å². The van der Waals surface area contributed by atoms with Gasteiger partial charge in [0, 0.05) is 47.0 Å². The number of fused-ring (bicyclic) bond motifs is 1.